The highest BCUT2D eigenvalue weighted by Crippen LogP contribution is 2.11. The Balaban J connectivity index is 3.39. The van der Waals surface area contributed by atoms with Crippen LogP contribution in [0, 0.1) is 0 Å². The van der Waals surface area contributed by atoms with Crippen LogP contribution in [0.4, 0.5) is 0 Å². The molecule has 0 aliphatic rings. The first-order valence-corrected chi connectivity index (χ1v) is 6.57. The van der Waals surface area contributed by atoms with Crippen LogP contribution in [0.15, 0.2) is 12.2 Å². The van der Waals surface area contributed by atoms with Gasteiger partial charge in [0, 0.05) is 5.57 Å². The first-order valence-electron chi connectivity index (χ1n) is 6.57. The van der Waals surface area contributed by atoms with Crippen molar-refractivity contribution in [2.45, 2.75) is 65.2 Å². The van der Waals surface area contributed by atoms with Crippen molar-refractivity contribution in [1.29, 1.82) is 0 Å². The standard InChI is InChI=1S/C14H26O2/c1-4-6-7-8-9-10-11-13(3)14(15)16-12-5-2/h3-12H2,1-2H3. The molecule has 0 bridgehead atoms. The first-order chi connectivity index (χ1) is 7.72. The maximum atomic E-state index is 11.3. The number of hydrogen-bond acceptors (Lipinski definition) is 2. The Morgan fingerprint density at radius 1 is 1.00 bits per heavy atom. The van der Waals surface area contributed by atoms with Gasteiger partial charge in [0.25, 0.3) is 0 Å². The number of hydrogen-bond donors (Lipinski definition) is 0. The second-order valence-electron chi connectivity index (χ2n) is 4.26. The molecule has 0 amide bonds. The SMILES string of the molecule is C=C(CCCCCCCC)C(=O)OCCC. The van der Waals surface area contributed by atoms with Crippen LogP contribution >= 0.6 is 0 Å². The monoisotopic (exact) mass is 226 g/mol. The molecule has 0 unspecified atom stereocenters. The zero-order chi connectivity index (χ0) is 12.2. The lowest BCUT2D eigenvalue weighted by molar-refractivity contribution is -0.139. The van der Waals surface area contributed by atoms with E-state index in [0.29, 0.717) is 12.2 Å². The predicted molar refractivity (Wildman–Crippen MR) is 68.4 cm³/mol. The summed E-state index contributed by atoms with van der Waals surface area (Å²) in [5.74, 6) is -0.213. The van der Waals surface area contributed by atoms with Crippen LogP contribution < -0.4 is 0 Å². The fourth-order valence-electron chi connectivity index (χ4n) is 1.52. The highest BCUT2D eigenvalue weighted by atomic mass is 16.5. The number of ether oxygens (including phenoxy) is 1. The van der Waals surface area contributed by atoms with Crippen molar-refractivity contribution in [3.05, 3.63) is 12.2 Å². The van der Waals surface area contributed by atoms with Crippen LogP contribution in [0.3, 0.4) is 0 Å². The smallest absolute Gasteiger partial charge is 0.333 e. The van der Waals surface area contributed by atoms with Crippen molar-refractivity contribution < 1.29 is 9.53 Å². The van der Waals surface area contributed by atoms with E-state index in [4.69, 9.17) is 4.74 Å². The molecule has 0 rings (SSSR count). The quantitative estimate of drug-likeness (QED) is 0.316. The summed E-state index contributed by atoms with van der Waals surface area (Å²) in [7, 11) is 0. The average Bonchev–Trinajstić information content (AvgIpc) is 2.30. The van der Waals surface area contributed by atoms with Crippen LogP contribution in [0.2, 0.25) is 0 Å². The van der Waals surface area contributed by atoms with Gasteiger partial charge in [0.2, 0.25) is 0 Å². The van der Waals surface area contributed by atoms with Crippen LogP contribution in [0.25, 0.3) is 0 Å². The Morgan fingerprint density at radius 3 is 2.25 bits per heavy atom. The molecule has 16 heavy (non-hydrogen) atoms. The summed E-state index contributed by atoms with van der Waals surface area (Å²) in [5.41, 5.74) is 0.629. The van der Waals surface area contributed by atoms with Crippen molar-refractivity contribution in [2.24, 2.45) is 0 Å². The van der Waals surface area contributed by atoms with Crippen LogP contribution in [0.1, 0.15) is 65.2 Å². The first kappa shape index (κ1) is 15.2. The lowest BCUT2D eigenvalue weighted by Gasteiger charge is -2.05. The van der Waals surface area contributed by atoms with Gasteiger partial charge >= 0.3 is 5.97 Å². The van der Waals surface area contributed by atoms with Crippen molar-refractivity contribution >= 4 is 5.97 Å². The molecule has 0 aromatic rings. The zero-order valence-electron chi connectivity index (χ0n) is 10.9. The minimum Gasteiger partial charge on any atom is -0.462 e. The molecule has 0 saturated carbocycles. The zero-order valence-corrected chi connectivity index (χ0v) is 10.9. The molecule has 0 aliphatic carbocycles. The Labute approximate surface area is 100 Å². The lowest BCUT2D eigenvalue weighted by atomic mass is 10.1. The number of carbonyl (C=O) groups is 1. The molecular weight excluding hydrogens is 200 g/mol. The molecule has 0 aromatic carbocycles. The summed E-state index contributed by atoms with van der Waals surface area (Å²) in [5, 5.41) is 0. The third-order valence-electron chi connectivity index (χ3n) is 2.56. The number of unbranched alkanes of at least 4 members (excludes halogenated alkanes) is 5. The maximum absolute atomic E-state index is 11.3. The van der Waals surface area contributed by atoms with Crippen LogP contribution in [-0.4, -0.2) is 12.6 Å². The number of rotatable bonds is 10. The molecule has 0 aromatic heterocycles. The van der Waals surface area contributed by atoms with E-state index in [1.54, 1.807) is 0 Å². The van der Waals surface area contributed by atoms with E-state index in [0.717, 1.165) is 19.3 Å². The molecule has 0 atom stereocenters. The third-order valence-corrected chi connectivity index (χ3v) is 2.56. The summed E-state index contributed by atoms with van der Waals surface area (Å²) >= 11 is 0. The summed E-state index contributed by atoms with van der Waals surface area (Å²) in [6, 6.07) is 0. The third kappa shape index (κ3) is 8.51. The van der Waals surface area contributed by atoms with E-state index in [2.05, 4.69) is 13.5 Å². The van der Waals surface area contributed by atoms with Gasteiger partial charge in [-0.1, -0.05) is 52.5 Å². The maximum Gasteiger partial charge on any atom is 0.333 e. The summed E-state index contributed by atoms with van der Waals surface area (Å²) in [6.07, 6.45) is 9.08. The van der Waals surface area contributed by atoms with E-state index in [1.165, 1.54) is 32.1 Å². The molecule has 0 radical (unpaired) electrons. The van der Waals surface area contributed by atoms with Gasteiger partial charge in [-0.05, 0) is 19.3 Å². The highest BCUT2D eigenvalue weighted by Gasteiger charge is 2.06. The van der Waals surface area contributed by atoms with Gasteiger partial charge in [0.05, 0.1) is 6.61 Å². The van der Waals surface area contributed by atoms with Crippen molar-refractivity contribution in [2.75, 3.05) is 6.61 Å². The van der Waals surface area contributed by atoms with Gasteiger partial charge in [0.1, 0.15) is 0 Å². The Bertz CT molecular complexity index is 197. The lowest BCUT2D eigenvalue weighted by Crippen LogP contribution is -2.07. The van der Waals surface area contributed by atoms with Gasteiger partial charge < -0.3 is 4.74 Å². The highest BCUT2D eigenvalue weighted by molar-refractivity contribution is 5.87. The van der Waals surface area contributed by atoms with E-state index >= 15 is 0 Å². The van der Waals surface area contributed by atoms with E-state index in [9.17, 15) is 4.79 Å². The number of esters is 1. The van der Waals surface area contributed by atoms with Crippen molar-refractivity contribution in [1.82, 2.24) is 0 Å². The van der Waals surface area contributed by atoms with E-state index in [-0.39, 0.29) is 5.97 Å². The van der Waals surface area contributed by atoms with Gasteiger partial charge in [-0.25, -0.2) is 4.79 Å². The minimum absolute atomic E-state index is 0.213. The molecule has 0 N–H and O–H groups in total. The van der Waals surface area contributed by atoms with Gasteiger partial charge in [-0.3, -0.25) is 0 Å². The van der Waals surface area contributed by atoms with E-state index in [1.807, 2.05) is 6.92 Å². The molecule has 0 saturated heterocycles. The fourth-order valence-corrected chi connectivity index (χ4v) is 1.52. The number of carbonyl (C=O) groups excluding carboxylic acids is 1. The topological polar surface area (TPSA) is 26.3 Å². The molecule has 0 aliphatic heterocycles. The average molecular weight is 226 g/mol. The van der Waals surface area contributed by atoms with Crippen molar-refractivity contribution in [3.8, 4) is 0 Å². The Kier molecular flexibility index (Phi) is 10.2. The normalized spacial score (nSPS) is 10.1. The van der Waals surface area contributed by atoms with Crippen LogP contribution in [-0.2, 0) is 9.53 Å². The van der Waals surface area contributed by atoms with E-state index < -0.39 is 0 Å². The van der Waals surface area contributed by atoms with Gasteiger partial charge in [-0.2, -0.15) is 0 Å². The van der Waals surface area contributed by atoms with Crippen molar-refractivity contribution in [3.63, 3.8) is 0 Å². The molecule has 0 spiro atoms. The molecule has 2 nitrogen and oxygen atoms in total. The molecular formula is C14H26O2. The molecule has 94 valence electrons. The van der Waals surface area contributed by atoms with Crippen LogP contribution in [0.5, 0.6) is 0 Å². The second kappa shape index (κ2) is 10.7. The summed E-state index contributed by atoms with van der Waals surface area (Å²) < 4.78 is 5.01. The molecule has 2 heteroatoms. The van der Waals surface area contributed by atoms with Gasteiger partial charge in [0.15, 0.2) is 0 Å². The summed E-state index contributed by atoms with van der Waals surface area (Å²) in [4.78, 5) is 11.3. The predicted octanol–water partition coefficient (Wildman–Crippen LogP) is 4.25. The Hall–Kier alpha value is -0.790. The second-order valence-corrected chi connectivity index (χ2v) is 4.26. The largest absolute Gasteiger partial charge is 0.462 e. The Morgan fingerprint density at radius 2 is 1.62 bits per heavy atom. The van der Waals surface area contributed by atoms with Gasteiger partial charge in [-0.15, -0.1) is 0 Å². The molecule has 0 heterocycles. The summed E-state index contributed by atoms with van der Waals surface area (Å²) in [6.45, 7) is 8.48. The minimum atomic E-state index is -0.213. The fraction of sp³-hybridized carbons (Fsp3) is 0.786. The molecule has 0 fully saturated rings.